The fourth-order valence-electron chi connectivity index (χ4n) is 3.45. The van der Waals surface area contributed by atoms with Crippen LogP contribution in [0.1, 0.15) is 56.4 Å². The van der Waals surface area contributed by atoms with Gasteiger partial charge in [0, 0.05) is 23.1 Å². The molecule has 3 aromatic rings. The molecule has 0 saturated carbocycles. The number of rotatable bonds is 5. The molecule has 1 aromatic carbocycles. The van der Waals surface area contributed by atoms with E-state index in [2.05, 4.69) is 15.8 Å². The first-order valence-electron chi connectivity index (χ1n) is 9.62. The van der Waals surface area contributed by atoms with Crippen LogP contribution in [0.25, 0.3) is 0 Å². The molecule has 1 aliphatic carbocycles. The molecule has 0 atom stereocenters. The third-order valence-corrected chi connectivity index (χ3v) is 4.96. The molecule has 3 N–H and O–H groups in total. The Morgan fingerprint density at radius 2 is 1.93 bits per heavy atom. The summed E-state index contributed by atoms with van der Waals surface area (Å²) < 4.78 is 11.1. The normalized spacial score (nSPS) is 14.4. The van der Waals surface area contributed by atoms with Gasteiger partial charge >= 0.3 is 0 Å². The number of furan rings is 2. The summed E-state index contributed by atoms with van der Waals surface area (Å²) in [5.41, 5.74) is 5.08. The van der Waals surface area contributed by atoms with Gasteiger partial charge in [-0.25, -0.2) is 5.43 Å². The smallest absolute Gasteiger partial charge is 0.287 e. The number of hydrazone groups is 1. The molecule has 0 aliphatic heterocycles. The number of phenols is 1. The molecule has 0 spiro atoms. The summed E-state index contributed by atoms with van der Waals surface area (Å²) in [5.74, 6) is 0.960. The van der Waals surface area contributed by atoms with E-state index >= 15 is 0 Å². The molecule has 30 heavy (non-hydrogen) atoms. The van der Waals surface area contributed by atoms with E-state index in [1.807, 2.05) is 6.92 Å². The molecule has 2 aromatic heterocycles. The number of hydrogen-bond acceptors (Lipinski definition) is 6. The summed E-state index contributed by atoms with van der Waals surface area (Å²) in [5, 5.41) is 16.4. The predicted octanol–water partition coefficient (Wildman–Crippen LogP) is 3.29. The van der Waals surface area contributed by atoms with Gasteiger partial charge in [0.1, 0.15) is 17.3 Å². The highest BCUT2D eigenvalue weighted by molar-refractivity contribution is 6.07. The Morgan fingerprint density at radius 3 is 2.67 bits per heavy atom. The molecule has 0 bridgehead atoms. The number of nitrogens with zero attached hydrogens (tertiary/aromatic N) is 1. The van der Waals surface area contributed by atoms with Gasteiger partial charge < -0.3 is 19.3 Å². The number of aryl methyl sites for hydroxylation is 1. The number of fused-ring (bicyclic) bond motifs is 1. The molecule has 0 saturated heterocycles. The third-order valence-electron chi connectivity index (χ3n) is 4.96. The zero-order chi connectivity index (χ0) is 21.1. The largest absolute Gasteiger partial charge is 0.508 e. The predicted molar refractivity (Wildman–Crippen MR) is 108 cm³/mol. The van der Waals surface area contributed by atoms with Crippen LogP contribution >= 0.6 is 0 Å². The summed E-state index contributed by atoms with van der Waals surface area (Å²) >= 11 is 0. The number of nitrogens with one attached hydrogen (secondary N) is 2. The topological polar surface area (TPSA) is 117 Å². The Morgan fingerprint density at radius 1 is 1.13 bits per heavy atom. The van der Waals surface area contributed by atoms with Crippen LogP contribution in [0.4, 0.5) is 0 Å². The van der Waals surface area contributed by atoms with Crippen molar-refractivity contribution in [3.8, 4) is 5.75 Å². The van der Waals surface area contributed by atoms with Gasteiger partial charge in [-0.2, -0.15) is 5.10 Å². The van der Waals surface area contributed by atoms with Crippen LogP contribution in [0.15, 0.2) is 56.6 Å². The fourth-order valence-corrected chi connectivity index (χ4v) is 3.45. The lowest BCUT2D eigenvalue weighted by Gasteiger charge is -2.13. The summed E-state index contributed by atoms with van der Waals surface area (Å²) in [6.07, 6.45) is 3.72. The Hall–Kier alpha value is -3.81. The van der Waals surface area contributed by atoms with Crippen molar-refractivity contribution in [1.82, 2.24) is 10.7 Å². The van der Waals surface area contributed by atoms with Gasteiger partial charge in [-0.3, -0.25) is 9.59 Å². The summed E-state index contributed by atoms with van der Waals surface area (Å²) in [7, 11) is 0. The third kappa shape index (κ3) is 3.98. The van der Waals surface area contributed by atoms with Crippen LogP contribution in [0.5, 0.6) is 5.75 Å². The lowest BCUT2D eigenvalue weighted by atomic mass is 9.93. The van der Waals surface area contributed by atoms with E-state index in [9.17, 15) is 14.7 Å². The van der Waals surface area contributed by atoms with E-state index in [4.69, 9.17) is 8.83 Å². The lowest BCUT2D eigenvalue weighted by Crippen LogP contribution is -2.23. The van der Waals surface area contributed by atoms with E-state index in [1.165, 1.54) is 24.3 Å². The summed E-state index contributed by atoms with van der Waals surface area (Å²) in [4.78, 5) is 24.9. The Bertz CT molecular complexity index is 1090. The van der Waals surface area contributed by atoms with Crippen molar-refractivity contribution in [3.63, 3.8) is 0 Å². The maximum atomic E-state index is 12.6. The minimum atomic E-state index is -0.382. The Balaban J connectivity index is 1.51. The van der Waals surface area contributed by atoms with E-state index in [0.717, 1.165) is 12.0 Å². The second-order valence-electron chi connectivity index (χ2n) is 7.02. The molecular formula is C22H21N3O5. The zero-order valence-electron chi connectivity index (χ0n) is 16.4. The molecule has 0 fully saturated rings. The van der Waals surface area contributed by atoms with Crippen LogP contribution in [0.2, 0.25) is 0 Å². The van der Waals surface area contributed by atoms with Crippen molar-refractivity contribution in [2.24, 2.45) is 5.10 Å². The number of carbonyl (C=O) groups excluding carboxylic acids is 2. The molecule has 0 radical (unpaired) electrons. The SMILES string of the molecule is Cc1c(C(=O)NCc2ccco2)oc2c1/C(=N/NC(=O)c1ccc(O)cc1)CCC2. The first-order valence-corrected chi connectivity index (χ1v) is 9.62. The van der Waals surface area contributed by atoms with E-state index in [0.29, 0.717) is 41.2 Å². The number of phenolic OH excluding ortho intramolecular Hbond substituents is 1. The van der Waals surface area contributed by atoms with Crippen molar-refractivity contribution < 1.29 is 23.5 Å². The quantitative estimate of drug-likeness (QED) is 0.561. The number of aromatic hydroxyl groups is 1. The lowest BCUT2D eigenvalue weighted by molar-refractivity contribution is 0.0916. The maximum Gasteiger partial charge on any atom is 0.287 e. The fraction of sp³-hybridized carbons (Fsp3) is 0.227. The number of carbonyl (C=O) groups is 2. The second-order valence-corrected chi connectivity index (χ2v) is 7.02. The molecule has 1 aliphatic rings. The number of benzene rings is 1. The molecule has 0 unspecified atom stereocenters. The molecule has 2 heterocycles. The molecule has 8 heteroatoms. The highest BCUT2D eigenvalue weighted by Gasteiger charge is 2.28. The zero-order valence-corrected chi connectivity index (χ0v) is 16.4. The van der Waals surface area contributed by atoms with Gasteiger partial charge in [-0.15, -0.1) is 0 Å². The van der Waals surface area contributed by atoms with Gasteiger partial charge in [-0.05, 0) is 56.2 Å². The van der Waals surface area contributed by atoms with Crippen molar-refractivity contribution in [2.45, 2.75) is 32.7 Å². The highest BCUT2D eigenvalue weighted by atomic mass is 16.4. The summed E-state index contributed by atoms with van der Waals surface area (Å²) in [6.45, 7) is 2.08. The van der Waals surface area contributed by atoms with Crippen molar-refractivity contribution in [3.05, 3.63) is 76.6 Å². The van der Waals surface area contributed by atoms with Crippen molar-refractivity contribution >= 4 is 17.5 Å². The van der Waals surface area contributed by atoms with Gasteiger partial charge in [0.2, 0.25) is 0 Å². The Kier molecular flexibility index (Phi) is 5.38. The van der Waals surface area contributed by atoms with Crippen LogP contribution in [-0.2, 0) is 13.0 Å². The Labute approximate surface area is 172 Å². The average molecular weight is 407 g/mol. The van der Waals surface area contributed by atoms with Gasteiger partial charge in [0.05, 0.1) is 18.5 Å². The van der Waals surface area contributed by atoms with Gasteiger partial charge in [0.15, 0.2) is 5.76 Å². The van der Waals surface area contributed by atoms with E-state index < -0.39 is 0 Å². The van der Waals surface area contributed by atoms with E-state index in [1.54, 1.807) is 18.4 Å². The molecule has 8 nitrogen and oxygen atoms in total. The minimum absolute atomic E-state index is 0.0849. The molecular weight excluding hydrogens is 386 g/mol. The molecule has 4 rings (SSSR count). The highest BCUT2D eigenvalue weighted by Crippen LogP contribution is 2.30. The molecule has 154 valence electrons. The van der Waals surface area contributed by atoms with Crippen LogP contribution in [-0.4, -0.2) is 22.6 Å². The molecule has 2 amide bonds. The van der Waals surface area contributed by atoms with Gasteiger partial charge in [0.25, 0.3) is 11.8 Å². The van der Waals surface area contributed by atoms with Crippen molar-refractivity contribution in [2.75, 3.05) is 0 Å². The van der Waals surface area contributed by atoms with E-state index in [-0.39, 0.29) is 29.9 Å². The van der Waals surface area contributed by atoms with Crippen LogP contribution < -0.4 is 10.7 Å². The minimum Gasteiger partial charge on any atom is -0.508 e. The second kappa shape index (κ2) is 8.28. The van der Waals surface area contributed by atoms with Crippen LogP contribution in [0, 0.1) is 6.92 Å². The average Bonchev–Trinajstić information content (AvgIpc) is 3.39. The standard InChI is InChI=1S/C22H21N3O5/c1-13-19-17(24-25-21(27)14-7-9-15(26)10-8-14)5-2-6-18(19)30-20(13)22(28)23-12-16-4-3-11-29-16/h3-4,7-11,26H,2,5-6,12H2,1H3,(H,23,28)(H,25,27)/b24-17+. The van der Waals surface area contributed by atoms with Crippen molar-refractivity contribution in [1.29, 1.82) is 0 Å². The first kappa shape index (κ1) is 19.5. The number of hydrogen-bond donors (Lipinski definition) is 3. The monoisotopic (exact) mass is 407 g/mol. The maximum absolute atomic E-state index is 12.6. The first-order chi connectivity index (χ1) is 14.5. The van der Waals surface area contributed by atoms with Crippen LogP contribution in [0.3, 0.4) is 0 Å². The number of amides is 2. The summed E-state index contributed by atoms with van der Waals surface area (Å²) in [6, 6.07) is 9.45. The van der Waals surface area contributed by atoms with Gasteiger partial charge in [-0.1, -0.05) is 0 Å².